The molecule has 6 nitrogen and oxygen atoms in total. The van der Waals surface area contributed by atoms with Crippen molar-refractivity contribution in [3.05, 3.63) is 167 Å². The second-order valence-corrected chi connectivity index (χ2v) is 14.2. The van der Waals surface area contributed by atoms with E-state index in [4.69, 9.17) is 9.97 Å². The lowest BCUT2D eigenvalue weighted by molar-refractivity contribution is 0.627. The predicted octanol–water partition coefficient (Wildman–Crippen LogP) is 12.2. The third-order valence-corrected chi connectivity index (χ3v) is 9.96. The van der Waals surface area contributed by atoms with E-state index in [1.54, 1.807) is 36.9 Å². The molecule has 0 aliphatic heterocycles. The molecule has 4 aromatic carbocycles. The van der Waals surface area contributed by atoms with Crippen LogP contribution >= 0.6 is 0 Å². The van der Waals surface area contributed by atoms with Gasteiger partial charge < -0.3 is 9.55 Å². The molecule has 0 radical (unpaired) electrons. The van der Waals surface area contributed by atoms with E-state index in [1.807, 2.05) is 36.4 Å². The van der Waals surface area contributed by atoms with Crippen LogP contribution in [0.3, 0.4) is 0 Å². The molecule has 4 aromatic heterocycles. The third kappa shape index (κ3) is 7.68. The fourth-order valence-electron chi connectivity index (χ4n) is 7.69. The Kier molecular flexibility index (Phi) is 10.8. The number of hydrogen-bond acceptors (Lipinski definition) is 4. The summed E-state index contributed by atoms with van der Waals surface area (Å²) < 4.78 is 29.2. The highest BCUT2D eigenvalue weighted by atomic mass is 19.1. The number of rotatable bonds is 7. The summed E-state index contributed by atoms with van der Waals surface area (Å²) in [6, 6.07) is 29.6. The van der Waals surface area contributed by atoms with E-state index in [9.17, 15) is 8.78 Å². The monoisotopic (exact) mass is 742 g/mol. The number of aryl methyl sites for hydroxylation is 6. The van der Waals surface area contributed by atoms with Gasteiger partial charge in [0.05, 0.1) is 22.8 Å². The number of H-pyrrole nitrogens is 1. The highest BCUT2D eigenvalue weighted by molar-refractivity contribution is 5.84. The molecular weight excluding hydrogens is 699 g/mol. The van der Waals surface area contributed by atoms with Gasteiger partial charge in [0, 0.05) is 64.7 Å². The molecule has 0 aliphatic rings. The molecule has 0 saturated heterocycles. The lowest BCUT2D eigenvalue weighted by Gasteiger charge is -2.14. The molecule has 0 amide bonds. The summed E-state index contributed by atoms with van der Waals surface area (Å²) >= 11 is 0. The minimum Gasteiger partial charge on any atom is -0.337 e. The molecular formula is C48H44F2N6. The molecule has 0 spiro atoms. The first-order valence-corrected chi connectivity index (χ1v) is 18.7. The van der Waals surface area contributed by atoms with Gasteiger partial charge in [-0.1, -0.05) is 35.4 Å². The number of benzene rings is 4. The second-order valence-electron chi connectivity index (χ2n) is 14.2. The van der Waals surface area contributed by atoms with Crippen molar-refractivity contribution in [2.24, 2.45) is 0 Å². The third-order valence-electron chi connectivity index (χ3n) is 9.96. The van der Waals surface area contributed by atoms with Crippen LogP contribution in [0, 0.1) is 53.2 Å². The molecule has 0 atom stereocenters. The topological polar surface area (TPSA) is 72.3 Å². The smallest absolute Gasteiger partial charge is 0.141 e. The minimum atomic E-state index is -0.259. The number of nitrogens with zero attached hydrogens (tertiary/aromatic N) is 5. The van der Waals surface area contributed by atoms with Crippen molar-refractivity contribution in [3.8, 4) is 67.8 Å². The number of aromatic amines is 1. The Hall–Kier alpha value is -6.54. The number of imidazole rings is 2. The van der Waals surface area contributed by atoms with Crippen LogP contribution in [0.25, 0.3) is 67.8 Å². The van der Waals surface area contributed by atoms with Crippen LogP contribution in [-0.2, 0) is 6.54 Å². The van der Waals surface area contributed by atoms with E-state index in [-0.39, 0.29) is 11.6 Å². The summed E-state index contributed by atoms with van der Waals surface area (Å²) in [7, 11) is 0. The van der Waals surface area contributed by atoms with Crippen LogP contribution < -0.4 is 0 Å². The number of halogens is 2. The average molecular weight is 743 g/mol. The molecule has 4 heterocycles. The van der Waals surface area contributed by atoms with Crippen LogP contribution in [0.4, 0.5) is 8.78 Å². The maximum absolute atomic E-state index is 13.6. The normalized spacial score (nSPS) is 11.0. The van der Waals surface area contributed by atoms with Gasteiger partial charge in [-0.15, -0.1) is 0 Å². The standard InChI is InChI=1S/C25H24FN3.C23H20FN3/c1-5-29-24(20-6-8-21(26)9-7-20)23(19-10-12-27-13-11-19)28-25(29)22-17(3)14-16(2)15-18(22)4;1-14-12-15(2)20(16(3)13-14)23-26-21(17-4-6-19(24)7-5-17)22(27-23)18-8-10-25-11-9-18/h6-15H,5H2,1-4H3;4-13H,1-3H3,(H,26,27). The summed E-state index contributed by atoms with van der Waals surface area (Å²) in [5.41, 5.74) is 16.9. The molecule has 1 N–H and O–H groups in total. The molecule has 0 aliphatic carbocycles. The van der Waals surface area contributed by atoms with Gasteiger partial charge in [0.15, 0.2) is 0 Å². The van der Waals surface area contributed by atoms with Crippen molar-refractivity contribution >= 4 is 0 Å². The molecule has 56 heavy (non-hydrogen) atoms. The summed E-state index contributed by atoms with van der Waals surface area (Å²) in [5.74, 6) is 1.25. The molecule has 8 rings (SSSR count). The summed E-state index contributed by atoms with van der Waals surface area (Å²) in [6.07, 6.45) is 7.06. The van der Waals surface area contributed by atoms with Gasteiger partial charge in [-0.05, 0) is 144 Å². The highest BCUT2D eigenvalue weighted by Gasteiger charge is 2.23. The van der Waals surface area contributed by atoms with Gasteiger partial charge in [-0.25, -0.2) is 18.7 Å². The number of pyridine rings is 2. The van der Waals surface area contributed by atoms with Crippen LogP contribution in [0.15, 0.2) is 122 Å². The number of nitrogens with one attached hydrogen (secondary N) is 1. The van der Waals surface area contributed by atoms with Gasteiger partial charge in [-0.3, -0.25) is 9.97 Å². The van der Waals surface area contributed by atoms with E-state index in [1.165, 1.54) is 57.6 Å². The molecule has 0 bridgehead atoms. The van der Waals surface area contributed by atoms with Crippen molar-refractivity contribution < 1.29 is 8.78 Å². The van der Waals surface area contributed by atoms with Crippen molar-refractivity contribution in [2.45, 2.75) is 55.0 Å². The number of hydrogen-bond donors (Lipinski definition) is 1. The molecule has 0 unspecified atom stereocenters. The van der Waals surface area contributed by atoms with E-state index < -0.39 is 0 Å². The molecule has 0 fully saturated rings. The van der Waals surface area contributed by atoms with E-state index in [2.05, 4.69) is 92.3 Å². The van der Waals surface area contributed by atoms with Gasteiger partial charge in [-0.2, -0.15) is 0 Å². The van der Waals surface area contributed by atoms with Crippen LogP contribution in [0.2, 0.25) is 0 Å². The Morgan fingerprint density at radius 3 is 1.46 bits per heavy atom. The minimum absolute atomic E-state index is 0.243. The summed E-state index contributed by atoms with van der Waals surface area (Å²) in [5, 5.41) is 0. The van der Waals surface area contributed by atoms with Crippen molar-refractivity contribution in [1.82, 2.24) is 29.5 Å². The summed E-state index contributed by atoms with van der Waals surface area (Å²) in [4.78, 5) is 21.8. The quantitative estimate of drug-likeness (QED) is 0.176. The lowest BCUT2D eigenvalue weighted by Crippen LogP contribution is -2.03. The second kappa shape index (κ2) is 16.1. The van der Waals surface area contributed by atoms with Crippen LogP contribution in [0.1, 0.15) is 40.3 Å². The SMILES string of the molecule is CCn1c(-c2c(C)cc(C)cc2C)nc(-c2ccncc2)c1-c1ccc(F)cc1.Cc1cc(C)c(-c2nc(-c3ccc(F)cc3)c(-c3ccncc3)[nH]2)c(C)c1. The zero-order valence-corrected chi connectivity index (χ0v) is 32.7. The van der Waals surface area contributed by atoms with Crippen molar-refractivity contribution in [1.29, 1.82) is 0 Å². The van der Waals surface area contributed by atoms with Crippen molar-refractivity contribution in [3.63, 3.8) is 0 Å². The predicted molar refractivity (Wildman–Crippen MR) is 223 cm³/mol. The van der Waals surface area contributed by atoms with Gasteiger partial charge in [0.25, 0.3) is 0 Å². The number of aromatic nitrogens is 6. The zero-order valence-electron chi connectivity index (χ0n) is 32.7. The maximum atomic E-state index is 13.6. The zero-order chi connectivity index (χ0) is 39.5. The Labute approximate surface area is 327 Å². The first-order chi connectivity index (χ1) is 27.0. The van der Waals surface area contributed by atoms with Crippen LogP contribution in [-0.4, -0.2) is 29.5 Å². The molecule has 8 aromatic rings. The molecule has 0 saturated carbocycles. The first kappa shape index (κ1) is 37.8. The first-order valence-electron chi connectivity index (χ1n) is 18.7. The van der Waals surface area contributed by atoms with Crippen molar-refractivity contribution in [2.75, 3.05) is 0 Å². The van der Waals surface area contributed by atoms with Crippen LogP contribution in [0.5, 0.6) is 0 Å². The van der Waals surface area contributed by atoms with Gasteiger partial charge >= 0.3 is 0 Å². The Bertz CT molecular complexity index is 2580. The van der Waals surface area contributed by atoms with Gasteiger partial charge in [0.2, 0.25) is 0 Å². The van der Waals surface area contributed by atoms with E-state index >= 15 is 0 Å². The molecule has 8 heteroatoms. The Morgan fingerprint density at radius 1 is 0.518 bits per heavy atom. The Morgan fingerprint density at radius 2 is 0.964 bits per heavy atom. The van der Waals surface area contributed by atoms with E-state index in [0.29, 0.717) is 0 Å². The lowest BCUT2D eigenvalue weighted by atomic mass is 9.99. The van der Waals surface area contributed by atoms with Gasteiger partial charge in [0.1, 0.15) is 23.3 Å². The average Bonchev–Trinajstić information content (AvgIpc) is 3.78. The van der Waals surface area contributed by atoms with E-state index in [0.717, 1.165) is 74.3 Å². The molecule has 280 valence electrons. The highest BCUT2D eigenvalue weighted by Crippen LogP contribution is 2.39. The fraction of sp³-hybridized carbons (Fsp3) is 0.167. The Balaban J connectivity index is 0.000000172. The maximum Gasteiger partial charge on any atom is 0.141 e. The largest absolute Gasteiger partial charge is 0.337 e. The summed E-state index contributed by atoms with van der Waals surface area (Å²) in [6.45, 7) is 15.5. The fourth-order valence-corrected chi connectivity index (χ4v) is 7.69.